The molecule has 0 saturated carbocycles. The predicted octanol–water partition coefficient (Wildman–Crippen LogP) is 0.602. The van der Waals surface area contributed by atoms with Gasteiger partial charge in [-0.05, 0) is 31.4 Å². The van der Waals surface area contributed by atoms with Gasteiger partial charge in [-0.25, -0.2) is 0 Å². The van der Waals surface area contributed by atoms with E-state index in [0.717, 1.165) is 6.54 Å². The third-order valence-corrected chi connectivity index (χ3v) is 1.69. The van der Waals surface area contributed by atoms with Crippen LogP contribution in [0.2, 0.25) is 0 Å². The lowest BCUT2D eigenvalue weighted by Gasteiger charge is -2.12. The molecule has 0 bridgehead atoms. The predicted molar refractivity (Wildman–Crippen MR) is 68.1 cm³/mol. The van der Waals surface area contributed by atoms with Gasteiger partial charge in [-0.15, -0.1) is 0 Å². The molecule has 4 nitrogen and oxygen atoms in total. The molecule has 80 valence electrons. The van der Waals surface area contributed by atoms with E-state index < -0.39 is 0 Å². The van der Waals surface area contributed by atoms with Gasteiger partial charge in [-0.1, -0.05) is 18.2 Å². The minimum atomic E-state index is 0.409. The highest BCUT2D eigenvalue weighted by molar-refractivity contribution is 7.80. The first-order chi connectivity index (χ1) is 6.56. The molecule has 0 spiro atoms. The molecular formula is C7H13ClN4S2. The average Bonchev–Trinajstić information content (AvgIpc) is 2.12. The van der Waals surface area contributed by atoms with E-state index in [2.05, 4.69) is 28.1 Å². The van der Waals surface area contributed by atoms with E-state index in [1.807, 2.05) is 6.92 Å². The summed E-state index contributed by atoms with van der Waals surface area (Å²) in [5.74, 6) is 0. The molecule has 0 unspecified atom stereocenters. The maximum atomic E-state index is 5.53. The van der Waals surface area contributed by atoms with Crippen LogP contribution in [0.15, 0.2) is 11.6 Å². The van der Waals surface area contributed by atoms with Gasteiger partial charge in [0.1, 0.15) is 0 Å². The summed E-state index contributed by atoms with van der Waals surface area (Å²) in [4.78, 5) is 0. The number of halogens is 1. The third-order valence-electron chi connectivity index (χ3n) is 1.07. The minimum Gasteiger partial charge on any atom is -0.362 e. The Hall–Kier alpha value is -0.590. The highest BCUT2D eigenvalue weighted by Crippen LogP contribution is 1.91. The summed E-state index contributed by atoms with van der Waals surface area (Å²) < 4.78 is 0. The molecule has 0 aliphatic rings. The van der Waals surface area contributed by atoms with E-state index in [1.165, 1.54) is 0 Å². The Morgan fingerprint density at radius 1 is 1.21 bits per heavy atom. The standard InChI is InChI=1S/C7H13ClN4S2/c1-3-9-6(13)11-12-7(14)10-4-5(2)8/h2-4H2,1H3,(H2,9,11,13)(H2,10,12,14). The summed E-state index contributed by atoms with van der Waals surface area (Å²) in [6.45, 7) is 6.63. The summed E-state index contributed by atoms with van der Waals surface area (Å²) in [6.07, 6.45) is 0. The van der Waals surface area contributed by atoms with E-state index in [4.69, 9.17) is 36.0 Å². The van der Waals surface area contributed by atoms with Crippen molar-refractivity contribution < 1.29 is 0 Å². The van der Waals surface area contributed by atoms with Crippen molar-refractivity contribution in [1.82, 2.24) is 21.5 Å². The van der Waals surface area contributed by atoms with Crippen molar-refractivity contribution in [1.29, 1.82) is 0 Å². The second-order valence-electron chi connectivity index (χ2n) is 2.31. The molecule has 7 heteroatoms. The van der Waals surface area contributed by atoms with Crippen LogP contribution in [0.1, 0.15) is 6.92 Å². The third kappa shape index (κ3) is 8.03. The number of thiocarbonyl (C=S) groups is 2. The maximum Gasteiger partial charge on any atom is 0.185 e. The number of hydrogen-bond acceptors (Lipinski definition) is 2. The van der Waals surface area contributed by atoms with E-state index in [-0.39, 0.29) is 0 Å². The fraction of sp³-hybridized carbons (Fsp3) is 0.429. The van der Waals surface area contributed by atoms with Crippen LogP contribution in [0.5, 0.6) is 0 Å². The van der Waals surface area contributed by atoms with Gasteiger partial charge in [-0.2, -0.15) is 0 Å². The van der Waals surface area contributed by atoms with Crippen LogP contribution in [0.3, 0.4) is 0 Å². The molecule has 4 N–H and O–H groups in total. The first-order valence-electron chi connectivity index (χ1n) is 3.97. The lowest BCUT2D eigenvalue weighted by atomic mass is 10.6. The van der Waals surface area contributed by atoms with E-state index >= 15 is 0 Å². The smallest absolute Gasteiger partial charge is 0.185 e. The van der Waals surface area contributed by atoms with Crippen molar-refractivity contribution >= 4 is 46.3 Å². The van der Waals surface area contributed by atoms with Crippen LogP contribution >= 0.6 is 36.0 Å². The average molecular weight is 253 g/mol. The fourth-order valence-corrected chi connectivity index (χ4v) is 0.924. The Kier molecular flexibility index (Phi) is 7.45. The van der Waals surface area contributed by atoms with Crippen molar-refractivity contribution in [3.63, 3.8) is 0 Å². The van der Waals surface area contributed by atoms with Crippen molar-refractivity contribution in [2.24, 2.45) is 0 Å². The van der Waals surface area contributed by atoms with Crippen LogP contribution in [0, 0.1) is 0 Å². The molecule has 14 heavy (non-hydrogen) atoms. The summed E-state index contributed by atoms with van der Waals surface area (Å²) in [7, 11) is 0. The molecule has 0 heterocycles. The zero-order valence-corrected chi connectivity index (χ0v) is 10.2. The molecule has 0 rings (SSSR count). The van der Waals surface area contributed by atoms with Crippen LogP contribution in [0.4, 0.5) is 0 Å². The van der Waals surface area contributed by atoms with Crippen LogP contribution in [0.25, 0.3) is 0 Å². The van der Waals surface area contributed by atoms with E-state index in [0.29, 0.717) is 21.8 Å². The summed E-state index contributed by atoms with van der Waals surface area (Å²) >= 11 is 15.3. The summed E-state index contributed by atoms with van der Waals surface area (Å²) in [5, 5.41) is 7.10. The molecule has 0 amide bonds. The van der Waals surface area contributed by atoms with Crippen molar-refractivity contribution in [2.45, 2.75) is 6.92 Å². The van der Waals surface area contributed by atoms with Crippen LogP contribution < -0.4 is 21.5 Å². The first-order valence-corrected chi connectivity index (χ1v) is 5.16. The maximum absolute atomic E-state index is 5.53. The highest BCUT2D eigenvalue weighted by atomic mass is 35.5. The highest BCUT2D eigenvalue weighted by Gasteiger charge is 1.95. The number of hydrogen-bond donors (Lipinski definition) is 4. The Bertz CT molecular complexity index is 232. The Morgan fingerprint density at radius 2 is 1.71 bits per heavy atom. The molecule has 0 aromatic heterocycles. The van der Waals surface area contributed by atoms with Crippen LogP contribution in [-0.2, 0) is 0 Å². The van der Waals surface area contributed by atoms with Crippen LogP contribution in [-0.4, -0.2) is 23.3 Å². The number of hydrazine groups is 1. The van der Waals surface area contributed by atoms with Crippen molar-refractivity contribution in [3.05, 3.63) is 11.6 Å². The van der Waals surface area contributed by atoms with Gasteiger partial charge in [-0.3, -0.25) is 10.9 Å². The zero-order valence-electron chi connectivity index (χ0n) is 7.82. The Morgan fingerprint density at radius 3 is 2.14 bits per heavy atom. The Balaban J connectivity index is 3.53. The monoisotopic (exact) mass is 252 g/mol. The Labute approximate surface area is 99.4 Å². The fourth-order valence-electron chi connectivity index (χ4n) is 0.539. The first kappa shape index (κ1) is 13.4. The van der Waals surface area contributed by atoms with Crippen molar-refractivity contribution in [2.75, 3.05) is 13.1 Å². The molecular weight excluding hydrogens is 240 g/mol. The topological polar surface area (TPSA) is 48.1 Å². The number of nitrogens with one attached hydrogen (secondary N) is 4. The largest absolute Gasteiger partial charge is 0.362 e. The van der Waals surface area contributed by atoms with Gasteiger partial charge < -0.3 is 10.6 Å². The normalized spacial score (nSPS) is 8.71. The molecule has 0 aromatic rings. The molecule has 0 fully saturated rings. The molecule has 0 radical (unpaired) electrons. The van der Waals surface area contributed by atoms with Crippen molar-refractivity contribution in [3.8, 4) is 0 Å². The molecule has 0 aliphatic heterocycles. The summed E-state index contributed by atoms with van der Waals surface area (Å²) in [5.41, 5.74) is 5.39. The lowest BCUT2D eigenvalue weighted by molar-refractivity contribution is 0.798. The van der Waals surface area contributed by atoms with Gasteiger partial charge in [0.15, 0.2) is 10.2 Å². The quantitative estimate of drug-likeness (QED) is 0.436. The molecule has 0 atom stereocenters. The van der Waals surface area contributed by atoms with E-state index in [1.54, 1.807) is 0 Å². The van der Waals surface area contributed by atoms with Gasteiger partial charge in [0.25, 0.3) is 0 Å². The second-order valence-corrected chi connectivity index (χ2v) is 3.66. The van der Waals surface area contributed by atoms with Gasteiger partial charge in [0, 0.05) is 11.6 Å². The van der Waals surface area contributed by atoms with E-state index in [9.17, 15) is 0 Å². The molecule has 0 aliphatic carbocycles. The summed E-state index contributed by atoms with van der Waals surface area (Å²) in [6, 6.07) is 0. The van der Waals surface area contributed by atoms with Gasteiger partial charge >= 0.3 is 0 Å². The molecule has 0 aromatic carbocycles. The van der Waals surface area contributed by atoms with Gasteiger partial charge in [0.05, 0.1) is 6.54 Å². The minimum absolute atomic E-state index is 0.409. The molecule has 0 saturated heterocycles. The lowest BCUT2D eigenvalue weighted by Crippen LogP contribution is -2.50. The SMILES string of the molecule is C=C(Cl)CNC(=S)NNC(=S)NCC. The second kappa shape index (κ2) is 7.78. The van der Waals surface area contributed by atoms with Gasteiger partial charge in [0.2, 0.25) is 0 Å². The number of rotatable bonds is 3. The zero-order chi connectivity index (χ0) is 11.0.